The van der Waals surface area contributed by atoms with Crippen LogP contribution in [0.1, 0.15) is 0 Å². The van der Waals surface area contributed by atoms with Crippen LogP contribution < -0.4 is 4.74 Å². The predicted octanol–water partition coefficient (Wildman–Crippen LogP) is 1.35. The van der Waals surface area contributed by atoms with Crippen LogP contribution in [0.25, 0.3) is 4.85 Å². The highest BCUT2D eigenvalue weighted by Gasteiger charge is 2.06. The summed E-state index contributed by atoms with van der Waals surface area (Å²) in [6.07, 6.45) is 0. The Kier molecular flexibility index (Phi) is 1.93. The molecule has 0 aliphatic rings. The first-order chi connectivity index (χ1) is 5.27. The average molecular weight is 150 g/mol. The van der Waals surface area contributed by atoms with Crippen molar-refractivity contribution in [2.24, 2.45) is 0 Å². The van der Waals surface area contributed by atoms with Gasteiger partial charge in [-0.15, -0.1) is 0 Å². The van der Waals surface area contributed by atoms with Gasteiger partial charge in [-0.1, -0.05) is 11.6 Å². The third-order valence-corrected chi connectivity index (χ3v) is 1.13. The van der Waals surface area contributed by atoms with Crippen LogP contribution in [-0.2, 0) is 0 Å². The molecule has 4 heteroatoms. The third-order valence-electron chi connectivity index (χ3n) is 1.13. The minimum atomic E-state index is -0.0556. The molecule has 0 bridgehead atoms. The molecule has 0 radical (unpaired) electrons. The van der Waals surface area contributed by atoms with Crippen molar-refractivity contribution in [2.75, 3.05) is 7.11 Å². The Labute approximate surface area is 63.9 Å². The van der Waals surface area contributed by atoms with Gasteiger partial charge in [0, 0.05) is 0 Å². The van der Waals surface area contributed by atoms with Gasteiger partial charge in [0.15, 0.2) is 0 Å². The fraction of sp³-hybridized carbons (Fsp3) is 0.143. The van der Waals surface area contributed by atoms with Gasteiger partial charge in [0.05, 0.1) is 7.11 Å². The summed E-state index contributed by atoms with van der Waals surface area (Å²) < 4.78 is 4.68. The Bertz CT molecular complexity index is 304. The van der Waals surface area contributed by atoms with Gasteiger partial charge >= 0.3 is 5.88 Å². The summed E-state index contributed by atoms with van der Waals surface area (Å²) in [7, 11) is 1.38. The van der Waals surface area contributed by atoms with Gasteiger partial charge in [-0.3, -0.25) is 0 Å². The van der Waals surface area contributed by atoms with E-state index in [1.807, 2.05) is 0 Å². The summed E-state index contributed by atoms with van der Waals surface area (Å²) in [4.78, 5) is 6.75. The molecule has 0 fully saturated rings. The van der Waals surface area contributed by atoms with E-state index in [4.69, 9.17) is 11.7 Å². The predicted molar refractivity (Wildman–Crippen MR) is 38.7 cm³/mol. The Morgan fingerprint density at radius 2 is 2.36 bits per heavy atom. The third kappa shape index (κ3) is 1.38. The number of ether oxygens (including phenoxy) is 1. The number of methoxy groups -OCH3 is 1. The molecule has 0 unspecified atom stereocenters. The fourth-order valence-electron chi connectivity index (χ4n) is 0.636. The number of aromatic nitrogens is 1. The number of nitrogens with zero attached hydrogens (tertiary/aromatic N) is 2. The summed E-state index contributed by atoms with van der Waals surface area (Å²) >= 11 is 0. The van der Waals surface area contributed by atoms with E-state index < -0.39 is 0 Å². The van der Waals surface area contributed by atoms with E-state index in [9.17, 15) is 0 Å². The molecule has 0 spiro atoms. The van der Waals surface area contributed by atoms with Crippen LogP contribution in [0.15, 0.2) is 12.1 Å². The smallest absolute Gasteiger partial charge is 0.352 e. The number of aromatic hydroxyl groups is 1. The zero-order valence-corrected chi connectivity index (χ0v) is 5.90. The van der Waals surface area contributed by atoms with Crippen molar-refractivity contribution in [3.8, 4) is 11.6 Å². The highest BCUT2D eigenvalue weighted by Crippen LogP contribution is 2.25. The van der Waals surface area contributed by atoms with E-state index in [2.05, 4.69) is 14.6 Å². The van der Waals surface area contributed by atoms with Crippen LogP contribution in [0.4, 0.5) is 5.82 Å². The quantitative estimate of drug-likeness (QED) is 0.614. The van der Waals surface area contributed by atoms with E-state index >= 15 is 0 Å². The molecule has 0 aliphatic heterocycles. The lowest BCUT2D eigenvalue weighted by Gasteiger charge is -1.96. The Balaban J connectivity index is 3.15. The molecule has 0 saturated heterocycles. The Morgan fingerprint density at radius 3 is 2.91 bits per heavy atom. The number of hydrogen-bond acceptors (Lipinski definition) is 3. The zero-order chi connectivity index (χ0) is 8.27. The molecule has 0 atom stereocenters. The molecular formula is C7H6N2O2. The summed E-state index contributed by atoms with van der Waals surface area (Å²) in [6, 6.07) is 2.80. The van der Waals surface area contributed by atoms with Crippen molar-refractivity contribution < 1.29 is 9.84 Å². The van der Waals surface area contributed by atoms with Crippen molar-refractivity contribution >= 4 is 5.82 Å². The van der Waals surface area contributed by atoms with Crippen molar-refractivity contribution in [3.63, 3.8) is 0 Å². The molecule has 1 aromatic rings. The fourth-order valence-corrected chi connectivity index (χ4v) is 0.636. The van der Waals surface area contributed by atoms with Gasteiger partial charge in [-0.05, 0) is 12.1 Å². The maximum atomic E-state index is 9.04. The molecule has 4 nitrogen and oxygen atoms in total. The van der Waals surface area contributed by atoms with Gasteiger partial charge in [0.2, 0.25) is 5.75 Å². The van der Waals surface area contributed by atoms with Crippen molar-refractivity contribution in [1.82, 2.24) is 4.98 Å². The van der Waals surface area contributed by atoms with Gasteiger partial charge < -0.3 is 14.7 Å². The van der Waals surface area contributed by atoms with Crippen LogP contribution in [0.2, 0.25) is 0 Å². The molecule has 0 saturated carbocycles. The van der Waals surface area contributed by atoms with Gasteiger partial charge in [0.1, 0.15) is 0 Å². The van der Waals surface area contributed by atoms with Crippen molar-refractivity contribution in [1.29, 1.82) is 0 Å². The standard InChI is InChI=1S/C7H6N2O2/c1-8-6-4-3-5(10)7(9-6)11-2/h3-4,10H,2H3. The summed E-state index contributed by atoms with van der Waals surface area (Å²) in [6.45, 7) is 6.61. The van der Waals surface area contributed by atoms with Gasteiger partial charge in [-0.25, -0.2) is 0 Å². The van der Waals surface area contributed by atoms with Crippen LogP contribution in [-0.4, -0.2) is 17.2 Å². The largest absolute Gasteiger partial charge is 0.502 e. The lowest BCUT2D eigenvalue weighted by Crippen LogP contribution is -1.86. The molecule has 0 aliphatic carbocycles. The Hall–Kier alpha value is -1.76. The zero-order valence-electron chi connectivity index (χ0n) is 5.90. The lowest BCUT2D eigenvalue weighted by atomic mass is 10.4. The maximum absolute atomic E-state index is 9.04. The van der Waals surface area contributed by atoms with E-state index in [1.165, 1.54) is 19.2 Å². The van der Waals surface area contributed by atoms with Crippen LogP contribution in [0.5, 0.6) is 11.6 Å². The SMILES string of the molecule is [C-]#[N+]c1ccc(O)c(OC)n1. The first-order valence-corrected chi connectivity index (χ1v) is 2.89. The highest BCUT2D eigenvalue weighted by molar-refractivity contribution is 5.44. The summed E-state index contributed by atoms with van der Waals surface area (Å²) in [5.74, 6) is 0.234. The Morgan fingerprint density at radius 1 is 1.64 bits per heavy atom. The highest BCUT2D eigenvalue weighted by atomic mass is 16.5. The minimum Gasteiger partial charge on any atom is -0.502 e. The number of pyridine rings is 1. The van der Waals surface area contributed by atoms with Crippen molar-refractivity contribution in [2.45, 2.75) is 0 Å². The van der Waals surface area contributed by atoms with E-state index in [0.717, 1.165) is 0 Å². The number of rotatable bonds is 1. The monoisotopic (exact) mass is 150 g/mol. The van der Waals surface area contributed by atoms with E-state index in [0.29, 0.717) is 0 Å². The van der Waals surface area contributed by atoms with Crippen molar-refractivity contribution in [3.05, 3.63) is 23.5 Å². The maximum Gasteiger partial charge on any atom is 0.352 e. The molecule has 1 N–H and O–H groups in total. The second kappa shape index (κ2) is 2.88. The molecule has 0 aromatic carbocycles. The van der Waals surface area contributed by atoms with Crippen LogP contribution in [0.3, 0.4) is 0 Å². The van der Waals surface area contributed by atoms with Crippen LogP contribution in [0, 0.1) is 6.57 Å². The molecule has 56 valence electrons. The molecule has 1 rings (SSSR count). The minimum absolute atomic E-state index is 0.0556. The first kappa shape index (κ1) is 7.35. The second-order valence-electron chi connectivity index (χ2n) is 1.81. The van der Waals surface area contributed by atoms with E-state index in [-0.39, 0.29) is 17.4 Å². The molecule has 1 aromatic heterocycles. The first-order valence-electron chi connectivity index (χ1n) is 2.89. The molecule has 11 heavy (non-hydrogen) atoms. The van der Waals surface area contributed by atoms with Gasteiger partial charge in [0.25, 0.3) is 5.82 Å². The topological polar surface area (TPSA) is 46.7 Å². The number of hydrogen-bond donors (Lipinski definition) is 1. The molecular weight excluding hydrogens is 144 g/mol. The summed E-state index contributed by atoms with van der Waals surface area (Å²) in [5.41, 5.74) is 0. The van der Waals surface area contributed by atoms with Gasteiger partial charge in [-0.2, -0.15) is 0 Å². The lowest BCUT2D eigenvalue weighted by molar-refractivity contribution is 0.359. The average Bonchev–Trinajstić information content (AvgIpc) is 2.05. The normalized spacial score (nSPS) is 8.73. The van der Waals surface area contributed by atoms with E-state index in [1.54, 1.807) is 0 Å². The van der Waals surface area contributed by atoms with Crippen LogP contribution >= 0.6 is 0 Å². The second-order valence-corrected chi connectivity index (χ2v) is 1.81. The summed E-state index contributed by atoms with van der Waals surface area (Å²) in [5, 5.41) is 9.04. The molecule has 1 heterocycles. The molecule has 0 amide bonds.